The molecule has 0 aromatic rings. The molecule has 0 aromatic heterocycles. The van der Waals surface area contributed by atoms with Crippen LogP contribution in [-0.2, 0) is 4.79 Å². The van der Waals surface area contributed by atoms with E-state index in [2.05, 4.69) is 11.6 Å². The fourth-order valence-electron chi connectivity index (χ4n) is 1.37. The average Bonchev–Trinajstić information content (AvgIpc) is 2.52. The maximum Gasteiger partial charge on any atom is 0.326 e. The second-order valence-corrected chi connectivity index (χ2v) is 3.00. The van der Waals surface area contributed by atoms with Gasteiger partial charge in [-0.1, -0.05) is 6.08 Å². The number of rotatable bonds is 4. The maximum atomic E-state index is 10.7. The van der Waals surface area contributed by atoms with E-state index in [0.29, 0.717) is 19.5 Å². The molecule has 1 unspecified atom stereocenters. The summed E-state index contributed by atoms with van der Waals surface area (Å²) in [6, 6.07) is -0.485. The van der Waals surface area contributed by atoms with Crippen LogP contribution in [0, 0.1) is 0 Å². The number of hydrogen-bond acceptors (Lipinski definition) is 3. The average molecular weight is 182 g/mol. The second-order valence-electron chi connectivity index (χ2n) is 3.00. The van der Waals surface area contributed by atoms with Gasteiger partial charge in [0.1, 0.15) is 11.9 Å². The number of amidine groups is 1. The van der Waals surface area contributed by atoms with Crippen LogP contribution in [0.15, 0.2) is 17.6 Å². The summed E-state index contributed by atoms with van der Waals surface area (Å²) < 4.78 is 0. The first kappa shape index (κ1) is 9.77. The Kier molecular flexibility index (Phi) is 3.06. The monoisotopic (exact) mass is 182 g/mol. The molecule has 4 heteroatoms. The summed E-state index contributed by atoms with van der Waals surface area (Å²) in [5.74, 6) is 0.0311. The quantitative estimate of drug-likeness (QED) is 0.653. The fourth-order valence-corrected chi connectivity index (χ4v) is 1.37. The first-order chi connectivity index (χ1) is 6.16. The number of aliphatic carboxylic acids is 1. The molecule has 1 aliphatic heterocycles. The van der Waals surface area contributed by atoms with Crippen molar-refractivity contribution < 1.29 is 9.90 Å². The molecule has 0 saturated carbocycles. The Morgan fingerprint density at radius 2 is 2.62 bits per heavy atom. The molecule has 0 amide bonds. The lowest BCUT2D eigenvalue weighted by Crippen LogP contribution is -2.41. The Bertz CT molecular complexity index is 248. The van der Waals surface area contributed by atoms with Crippen molar-refractivity contribution in [2.24, 2.45) is 4.99 Å². The van der Waals surface area contributed by atoms with Crippen molar-refractivity contribution in [2.45, 2.75) is 19.4 Å². The van der Waals surface area contributed by atoms with Crippen LogP contribution in [0.25, 0.3) is 0 Å². The van der Waals surface area contributed by atoms with E-state index >= 15 is 0 Å². The SMILES string of the molecule is C=CCC1=NCCN1C(C)C(=O)O. The van der Waals surface area contributed by atoms with Gasteiger partial charge in [0, 0.05) is 13.0 Å². The predicted octanol–water partition coefficient (Wildman–Crippen LogP) is 0.750. The van der Waals surface area contributed by atoms with Crippen molar-refractivity contribution in [2.75, 3.05) is 13.1 Å². The summed E-state index contributed by atoms with van der Waals surface area (Å²) in [5, 5.41) is 8.81. The number of carbonyl (C=O) groups is 1. The van der Waals surface area contributed by atoms with Crippen LogP contribution in [0.5, 0.6) is 0 Å². The molecule has 13 heavy (non-hydrogen) atoms. The number of carboxylic acids is 1. The maximum absolute atomic E-state index is 10.7. The Labute approximate surface area is 77.6 Å². The largest absolute Gasteiger partial charge is 0.480 e. The van der Waals surface area contributed by atoms with E-state index in [1.165, 1.54) is 0 Å². The molecule has 4 nitrogen and oxygen atoms in total. The molecule has 0 saturated heterocycles. The lowest BCUT2D eigenvalue weighted by molar-refractivity contribution is -0.141. The summed E-state index contributed by atoms with van der Waals surface area (Å²) >= 11 is 0. The van der Waals surface area contributed by atoms with Crippen molar-refractivity contribution in [3.63, 3.8) is 0 Å². The summed E-state index contributed by atoms with van der Waals surface area (Å²) in [6.07, 6.45) is 2.39. The molecule has 0 fully saturated rings. The van der Waals surface area contributed by atoms with Crippen molar-refractivity contribution in [1.29, 1.82) is 0 Å². The van der Waals surface area contributed by atoms with E-state index in [0.717, 1.165) is 5.84 Å². The van der Waals surface area contributed by atoms with Crippen molar-refractivity contribution >= 4 is 11.8 Å². The van der Waals surface area contributed by atoms with E-state index in [1.807, 2.05) is 4.90 Å². The van der Waals surface area contributed by atoms with E-state index in [-0.39, 0.29) is 0 Å². The second kappa shape index (κ2) is 4.07. The van der Waals surface area contributed by atoms with Gasteiger partial charge in [-0.2, -0.15) is 0 Å². The van der Waals surface area contributed by atoms with E-state index in [1.54, 1.807) is 13.0 Å². The van der Waals surface area contributed by atoms with Crippen molar-refractivity contribution in [3.05, 3.63) is 12.7 Å². The van der Waals surface area contributed by atoms with E-state index < -0.39 is 12.0 Å². The van der Waals surface area contributed by atoms with E-state index in [9.17, 15) is 4.79 Å². The highest BCUT2D eigenvalue weighted by molar-refractivity contribution is 5.89. The first-order valence-corrected chi connectivity index (χ1v) is 4.30. The molecular formula is C9H14N2O2. The van der Waals surface area contributed by atoms with Crippen molar-refractivity contribution in [1.82, 2.24) is 4.90 Å². The topological polar surface area (TPSA) is 52.9 Å². The zero-order valence-electron chi connectivity index (χ0n) is 7.73. The number of nitrogens with zero attached hydrogens (tertiary/aromatic N) is 2. The summed E-state index contributed by atoms with van der Waals surface area (Å²) in [6.45, 7) is 6.68. The summed E-state index contributed by atoms with van der Waals surface area (Å²) in [5.41, 5.74) is 0. The van der Waals surface area contributed by atoms with Crippen LogP contribution in [0.4, 0.5) is 0 Å². The van der Waals surface area contributed by atoms with Crippen LogP contribution >= 0.6 is 0 Å². The Morgan fingerprint density at radius 3 is 3.15 bits per heavy atom. The van der Waals surface area contributed by atoms with Gasteiger partial charge in [-0.25, -0.2) is 4.79 Å². The highest BCUT2D eigenvalue weighted by Gasteiger charge is 2.25. The molecule has 1 atom stereocenters. The lowest BCUT2D eigenvalue weighted by Gasteiger charge is -2.23. The molecule has 0 aliphatic carbocycles. The van der Waals surface area contributed by atoms with Gasteiger partial charge >= 0.3 is 5.97 Å². The summed E-state index contributed by atoms with van der Waals surface area (Å²) in [4.78, 5) is 16.7. The standard InChI is InChI=1S/C9H14N2O2/c1-3-4-8-10-5-6-11(8)7(2)9(12)13/h3,7H,1,4-6H2,2H3,(H,12,13). The van der Waals surface area contributed by atoms with Gasteiger partial charge in [0.2, 0.25) is 0 Å². The molecule has 1 aliphatic rings. The van der Waals surface area contributed by atoms with Crippen LogP contribution in [0.3, 0.4) is 0 Å². The molecular weight excluding hydrogens is 168 g/mol. The Morgan fingerprint density at radius 1 is 1.92 bits per heavy atom. The smallest absolute Gasteiger partial charge is 0.326 e. The van der Waals surface area contributed by atoms with Crippen LogP contribution in [0.2, 0.25) is 0 Å². The number of hydrogen-bond donors (Lipinski definition) is 1. The minimum atomic E-state index is -0.807. The minimum Gasteiger partial charge on any atom is -0.480 e. The van der Waals surface area contributed by atoms with Crippen LogP contribution in [-0.4, -0.2) is 40.9 Å². The third kappa shape index (κ3) is 2.08. The van der Waals surface area contributed by atoms with Gasteiger partial charge in [0.25, 0.3) is 0 Å². The van der Waals surface area contributed by atoms with Gasteiger partial charge < -0.3 is 10.0 Å². The Hall–Kier alpha value is -1.32. The number of aliphatic imine (C=N–C) groups is 1. The predicted molar refractivity (Wildman–Crippen MR) is 50.9 cm³/mol. The van der Waals surface area contributed by atoms with Gasteiger partial charge in [0.15, 0.2) is 0 Å². The molecule has 0 spiro atoms. The highest BCUT2D eigenvalue weighted by Crippen LogP contribution is 2.10. The minimum absolute atomic E-state index is 0.485. The highest BCUT2D eigenvalue weighted by atomic mass is 16.4. The van der Waals surface area contributed by atoms with E-state index in [4.69, 9.17) is 5.11 Å². The molecule has 0 radical (unpaired) electrons. The molecule has 72 valence electrons. The third-order valence-electron chi connectivity index (χ3n) is 2.12. The molecule has 1 N–H and O–H groups in total. The fraction of sp³-hybridized carbons (Fsp3) is 0.556. The zero-order valence-corrected chi connectivity index (χ0v) is 7.73. The molecule has 0 bridgehead atoms. The normalized spacial score (nSPS) is 18.2. The number of carboxylic acid groups (broad SMARTS) is 1. The van der Waals surface area contributed by atoms with Crippen LogP contribution < -0.4 is 0 Å². The van der Waals surface area contributed by atoms with Gasteiger partial charge in [-0.3, -0.25) is 4.99 Å². The summed E-state index contributed by atoms with van der Waals surface area (Å²) in [7, 11) is 0. The van der Waals surface area contributed by atoms with Gasteiger partial charge in [0.05, 0.1) is 6.54 Å². The first-order valence-electron chi connectivity index (χ1n) is 4.30. The van der Waals surface area contributed by atoms with Gasteiger partial charge in [-0.15, -0.1) is 6.58 Å². The molecule has 1 rings (SSSR count). The molecule has 1 heterocycles. The zero-order chi connectivity index (χ0) is 9.84. The van der Waals surface area contributed by atoms with Crippen LogP contribution in [0.1, 0.15) is 13.3 Å². The lowest BCUT2D eigenvalue weighted by atomic mass is 10.2. The third-order valence-corrected chi connectivity index (χ3v) is 2.12. The van der Waals surface area contributed by atoms with Gasteiger partial charge in [-0.05, 0) is 6.92 Å². The Balaban J connectivity index is 2.65. The van der Waals surface area contributed by atoms with Crippen molar-refractivity contribution in [3.8, 4) is 0 Å². The molecule has 0 aromatic carbocycles.